The van der Waals surface area contributed by atoms with Crippen molar-refractivity contribution >= 4 is 46.6 Å². The highest BCUT2D eigenvalue weighted by atomic mass is 35.5. The van der Waals surface area contributed by atoms with Crippen LogP contribution in [0, 0.1) is 17.0 Å². The lowest BCUT2D eigenvalue weighted by Gasteiger charge is -2.00. The summed E-state index contributed by atoms with van der Waals surface area (Å²) in [7, 11) is 0. The van der Waals surface area contributed by atoms with Gasteiger partial charge in [-0.15, -0.1) is 11.3 Å². The smallest absolute Gasteiger partial charge is 0.363 e. The Morgan fingerprint density at radius 2 is 2.17 bits per heavy atom. The van der Waals surface area contributed by atoms with Gasteiger partial charge in [-0.25, -0.2) is 9.79 Å². The second-order valence-electron chi connectivity index (χ2n) is 4.73. The molecule has 0 amide bonds. The van der Waals surface area contributed by atoms with Crippen LogP contribution >= 0.6 is 22.9 Å². The molecule has 6 nitrogen and oxygen atoms in total. The monoisotopic (exact) mass is 348 g/mol. The molecule has 23 heavy (non-hydrogen) atoms. The molecule has 0 atom stereocenters. The van der Waals surface area contributed by atoms with Crippen LogP contribution in [-0.4, -0.2) is 16.8 Å². The van der Waals surface area contributed by atoms with Gasteiger partial charge in [-0.3, -0.25) is 10.1 Å². The van der Waals surface area contributed by atoms with Gasteiger partial charge in [0.15, 0.2) is 5.70 Å². The van der Waals surface area contributed by atoms with Crippen molar-refractivity contribution in [2.45, 2.75) is 6.92 Å². The molecule has 2 heterocycles. The van der Waals surface area contributed by atoms with Crippen LogP contribution < -0.4 is 0 Å². The predicted molar refractivity (Wildman–Crippen MR) is 87.8 cm³/mol. The lowest BCUT2D eigenvalue weighted by molar-refractivity contribution is -0.384. The summed E-state index contributed by atoms with van der Waals surface area (Å²) in [5.74, 6) is -0.569. The SMILES string of the molecule is Cc1ccsc1C=C1N=C(c2ccc(Cl)c([N+](=O)[O-])c2)OC1=O. The average molecular weight is 349 g/mol. The predicted octanol–water partition coefficient (Wildman–Crippen LogP) is 3.96. The highest BCUT2D eigenvalue weighted by molar-refractivity contribution is 7.11. The summed E-state index contributed by atoms with van der Waals surface area (Å²) in [6.07, 6.45) is 1.64. The quantitative estimate of drug-likeness (QED) is 0.364. The first-order valence-electron chi connectivity index (χ1n) is 6.46. The van der Waals surface area contributed by atoms with Gasteiger partial charge in [-0.05, 0) is 42.1 Å². The number of nitrogens with zero attached hydrogens (tertiary/aromatic N) is 2. The minimum Gasteiger partial charge on any atom is -0.402 e. The average Bonchev–Trinajstić information content (AvgIpc) is 3.07. The third kappa shape index (κ3) is 3.01. The first kappa shape index (κ1) is 15.4. The summed E-state index contributed by atoms with van der Waals surface area (Å²) in [4.78, 5) is 27.3. The molecule has 3 rings (SSSR count). The maximum atomic E-state index is 11.9. The van der Waals surface area contributed by atoms with Crippen LogP contribution in [0.25, 0.3) is 6.08 Å². The van der Waals surface area contributed by atoms with Gasteiger partial charge in [0.1, 0.15) is 5.02 Å². The van der Waals surface area contributed by atoms with Gasteiger partial charge in [-0.1, -0.05) is 11.6 Å². The molecule has 0 fully saturated rings. The summed E-state index contributed by atoms with van der Waals surface area (Å²) in [5, 5.41) is 12.8. The summed E-state index contributed by atoms with van der Waals surface area (Å²) >= 11 is 7.25. The van der Waals surface area contributed by atoms with E-state index in [0.717, 1.165) is 10.4 Å². The molecule has 2 aromatic rings. The Hall–Kier alpha value is -2.51. The first-order valence-corrected chi connectivity index (χ1v) is 7.72. The number of rotatable bonds is 3. The molecule has 0 radical (unpaired) electrons. The van der Waals surface area contributed by atoms with Crippen molar-refractivity contribution in [1.29, 1.82) is 0 Å². The van der Waals surface area contributed by atoms with E-state index in [1.54, 1.807) is 6.08 Å². The molecule has 0 aliphatic carbocycles. The second-order valence-corrected chi connectivity index (χ2v) is 6.08. The van der Waals surface area contributed by atoms with Crippen molar-refractivity contribution in [1.82, 2.24) is 0 Å². The number of esters is 1. The molecule has 0 saturated heterocycles. The van der Waals surface area contributed by atoms with E-state index in [1.807, 2.05) is 18.4 Å². The van der Waals surface area contributed by atoms with Crippen LogP contribution in [0.5, 0.6) is 0 Å². The van der Waals surface area contributed by atoms with E-state index in [0.29, 0.717) is 5.56 Å². The Bertz CT molecular complexity index is 885. The molecule has 1 aliphatic heterocycles. The molecule has 0 spiro atoms. The zero-order chi connectivity index (χ0) is 16.6. The Balaban J connectivity index is 1.99. The van der Waals surface area contributed by atoms with E-state index < -0.39 is 10.9 Å². The van der Waals surface area contributed by atoms with E-state index >= 15 is 0 Å². The highest BCUT2D eigenvalue weighted by Crippen LogP contribution is 2.28. The molecule has 0 unspecified atom stereocenters. The second kappa shape index (κ2) is 5.94. The highest BCUT2D eigenvalue weighted by Gasteiger charge is 2.26. The van der Waals surface area contributed by atoms with Gasteiger partial charge >= 0.3 is 5.97 Å². The number of nitro benzene ring substituents is 1. The Morgan fingerprint density at radius 1 is 1.39 bits per heavy atom. The van der Waals surface area contributed by atoms with Gasteiger partial charge in [-0.2, -0.15) is 0 Å². The minimum atomic E-state index is -0.602. The van der Waals surface area contributed by atoms with Crippen LogP contribution in [0.15, 0.2) is 40.3 Å². The largest absolute Gasteiger partial charge is 0.402 e. The van der Waals surface area contributed by atoms with Gasteiger partial charge < -0.3 is 4.74 Å². The summed E-state index contributed by atoms with van der Waals surface area (Å²) < 4.78 is 5.10. The molecular weight excluding hydrogens is 340 g/mol. The normalized spacial score (nSPS) is 15.7. The van der Waals surface area contributed by atoms with E-state index in [9.17, 15) is 14.9 Å². The number of benzene rings is 1. The molecule has 0 bridgehead atoms. The number of aryl methyl sites for hydroxylation is 1. The van der Waals surface area contributed by atoms with E-state index in [4.69, 9.17) is 16.3 Å². The fraction of sp³-hybridized carbons (Fsp3) is 0.0667. The summed E-state index contributed by atoms with van der Waals surface area (Å²) in [6, 6.07) is 6.05. The molecule has 1 aliphatic rings. The first-order chi connectivity index (χ1) is 11.0. The standard InChI is InChI=1S/C15H9ClN2O4S/c1-8-4-5-23-13(8)7-11-15(19)22-14(17-11)9-2-3-10(16)12(6-9)18(20)21/h2-7H,1H3. The number of hydrogen-bond acceptors (Lipinski definition) is 6. The number of aliphatic imine (C=N–C) groups is 1. The fourth-order valence-corrected chi connectivity index (χ4v) is 3.01. The number of halogens is 1. The number of ether oxygens (including phenoxy) is 1. The van der Waals surface area contributed by atoms with E-state index in [2.05, 4.69) is 4.99 Å². The van der Waals surface area contributed by atoms with E-state index in [1.165, 1.54) is 29.5 Å². The van der Waals surface area contributed by atoms with Crippen LogP contribution in [0.4, 0.5) is 5.69 Å². The van der Waals surface area contributed by atoms with Crippen molar-refractivity contribution in [3.8, 4) is 0 Å². The number of cyclic esters (lactones) is 1. The zero-order valence-corrected chi connectivity index (χ0v) is 13.4. The number of thiophene rings is 1. The lowest BCUT2D eigenvalue weighted by atomic mass is 10.2. The van der Waals surface area contributed by atoms with Gasteiger partial charge in [0.05, 0.1) is 4.92 Å². The minimum absolute atomic E-state index is 0.00801. The van der Waals surface area contributed by atoms with Crippen molar-refractivity contribution in [2.75, 3.05) is 0 Å². The third-order valence-corrected chi connectivity index (χ3v) is 4.47. The van der Waals surface area contributed by atoms with Crippen LogP contribution in [0.3, 0.4) is 0 Å². The summed E-state index contributed by atoms with van der Waals surface area (Å²) in [6.45, 7) is 1.93. The number of hydrogen-bond donors (Lipinski definition) is 0. The van der Waals surface area contributed by atoms with Crippen LogP contribution in [-0.2, 0) is 9.53 Å². The van der Waals surface area contributed by atoms with Gasteiger partial charge in [0, 0.05) is 16.5 Å². The van der Waals surface area contributed by atoms with Crippen molar-refractivity contribution in [3.63, 3.8) is 0 Å². The topological polar surface area (TPSA) is 81.8 Å². The molecule has 0 saturated carbocycles. The number of carbonyl (C=O) groups is 1. The van der Waals surface area contributed by atoms with Crippen LogP contribution in [0.1, 0.15) is 16.0 Å². The summed E-state index contributed by atoms with van der Waals surface area (Å²) in [5.41, 5.74) is 1.24. The number of nitro groups is 1. The molecule has 116 valence electrons. The Labute approximate surface area is 139 Å². The molecule has 0 N–H and O–H groups in total. The van der Waals surface area contributed by atoms with Crippen molar-refractivity contribution in [3.05, 3.63) is 66.5 Å². The molecule has 1 aromatic heterocycles. The number of carbonyl (C=O) groups excluding carboxylic acids is 1. The maximum absolute atomic E-state index is 11.9. The Kier molecular flexibility index (Phi) is 3.97. The maximum Gasteiger partial charge on any atom is 0.363 e. The third-order valence-electron chi connectivity index (χ3n) is 3.18. The van der Waals surface area contributed by atoms with Crippen molar-refractivity contribution < 1.29 is 14.5 Å². The fourth-order valence-electron chi connectivity index (χ4n) is 1.97. The van der Waals surface area contributed by atoms with Crippen LogP contribution in [0.2, 0.25) is 5.02 Å². The molecule has 8 heteroatoms. The molecular formula is C15H9ClN2O4S. The van der Waals surface area contributed by atoms with Crippen molar-refractivity contribution in [2.24, 2.45) is 4.99 Å². The lowest BCUT2D eigenvalue weighted by Crippen LogP contribution is -2.06. The van der Waals surface area contributed by atoms with Gasteiger partial charge in [0.2, 0.25) is 5.90 Å². The van der Waals surface area contributed by atoms with Gasteiger partial charge in [0.25, 0.3) is 5.69 Å². The Morgan fingerprint density at radius 3 is 2.83 bits per heavy atom. The van der Waals surface area contributed by atoms with E-state index in [-0.39, 0.29) is 22.3 Å². The molecule has 1 aromatic carbocycles. The zero-order valence-electron chi connectivity index (χ0n) is 11.8.